The van der Waals surface area contributed by atoms with E-state index in [2.05, 4.69) is 5.32 Å². The number of amides is 2. The molecular weight excluding hydrogens is 495 g/mol. The van der Waals surface area contributed by atoms with Gasteiger partial charge in [-0.05, 0) is 36.8 Å². The molecule has 12 heteroatoms. The number of sulfonamides is 1. The lowest BCUT2D eigenvalue weighted by atomic mass is 10.00. The number of carbonyl (C=O) groups is 2. The van der Waals surface area contributed by atoms with Crippen LogP contribution in [0, 0.1) is 6.92 Å². The molecule has 0 aliphatic carbocycles. The number of carbonyl (C=O) groups excluding carboxylic acids is 2. The molecule has 1 heterocycles. The first-order valence-electron chi connectivity index (χ1n) is 9.69. The Balaban J connectivity index is 1.94. The van der Waals surface area contributed by atoms with Gasteiger partial charge in [0.15, 0.2) is 0 Å². The number of halogens is 4. The maximum absolute atomic E-state index is 13.5. The van der Waals surface area contributed by atoms with Gasteiger partial charge in [-0.1, -0.05) is 29.8 Å². The summed E-state index contributed by atoms with van der Waals surface area (Å²) < 4.78 is 68.0. The quantitative estimate of drug-likeness (QED) is 0.514. The first-order chi connectivity index (χ1) is 15.7. The van der Waals surface area contributed by atoms with Gasteiger partial charge in [-0.25, -0.2) is 13.1 Å². The number of hydrogen-bond acceptors (Lipinski definition) is 4. The lowest BCUT2D eigenvalue weighted by Crippen LogP contribution is -2.28. The molecule has 0 aliphatic rings. The zero-order valence-electron chi connectivity index (χ0n) is 18.1. The van der Waals surface area contributed by atoms with Crippen molar-refractivity contribution in [3.63, 3.8) is 0 Å². The van der Waals surface area contributed by atoms with Crippen molar-refractivity contribution in [2.75, 3.05) is 5.32 Å². The fourth-order valence-corrected chi connectivity index (χ4v) is 5.08. The van der Waals surface area contributed by atoms with E-state index in [4.69, 9.17) is 11.6 Å². The van der Waals surface area contributed by atoms with Gasteiger partial charge in [-0.3, -0.25) is 9.59 Å². The summed E-state index contributed by atoms with van der Waals surface area (Å²) in [7, 11) is -2.65. The second-order valence-corrected chi connectivity index (χ2v) is 9.49. The molecule has 180 valence electrons. The number of nitrogens with zero attached hydrogens (tertiary/aromatic N) is 1. The largest absolute Gasteiger partial charge is 0.417 e. The molecule has 0 atom stereocenters. The van der Waals surface area contributed by atoms with Crippen LogP contribution >= 0.6 is 11.6 Å². The van der Waals surface area contributed by atoms with Crippen molar-refractivity contribution in [1.82, 2.24) is 9.29 Å². The molecule has 0 fully saturated rings. The van der Waals surface area contributed by atoms with E-state index in [0.29, 0.717) is 5.56 Å². The van der Waals surface area contributed by atoms with Crippen LogP contribution in [0.25, 0.3) is 11.3 Å². The van der Waals surface area contributed by atoms with Crippen LogP contribution in [0.2, 0.25) is 5.02 Å². The predicted molar refractivity (Wildman–Crippen MR) is 121 cm³/mol. The van der Waals surface area contributed by atoms with Gasteiger partial charge in [-0.15, -0.1) is 0 Å². The van der Waals surface area contributed by atoms with Crippen molar-refractivity contribution in [1.29, 1.82) is 0 Å². The predicted octanol–water partition coefficient (Wildman–Crippen LogP) is 4.75. The van der Waals surface area contributed by atoms with Crippen molar-refractivity contribution >= 4 is 39.1 Å². The SMILES string of the molecule is CC(=O)NS(=O)(=O)c1ccc(NC(=O)c2cn(C)c(-c3ccccc3C(F)(F)F)c2C)cc1Cl. The summed E-state index contributed by atoms with van der Waals surface area (Å²) in [4.78, 5) is 23.6. The lowest BCUT2D eigenvalue weighted by molar-refractivity contribution is -0.137. The van der Waals surface area contributed by atoms with Gasteiger partial charge >= 0.3 is 6.18 Å². The van der Waals surface area contributed by atoms with Crippen LogP contribution in [0.5, 0.6) is 0 Å². The van der Waals surface area contributed by atoms with E-state index in [-0.39, 0.29) is 32.4 Å². The Labute approximate surface area is 198 Å². The van der Waals surface area contributed by atoms with Gasteiger partial charge < -0.3 is 9.88 Å². The molecule has 0 unspecified atom stereocenters. The minimum absolute atomic E-state index is 0.0652. The Morgan fingerprint density at radius 2 is 1.74 bits per heavy atom. The van der Waals surface area contributed by atoms with Crippen molar-refractivity contribution in [2.24, 2.45) is 7.05 Å². The van der Waals surface area contributed by atoms with Crippen molar-refractivity contribution in [2.45, 2.75) is 24.9 Å². The number of aryl methyl sites for hydroxylation is 1. The van der Waals surface area contributed by atoms with Crippen LogP contribution in [0.15, 0.2) is 53.6 Å². The van der Waals surface area contributed by atoms with Crippen LogP contribution in [0.4, 0.5) is 18.9 Å². The molecule has 2 amide bonds. The molecule has 3 rings (SSSR count). The summed E-state index contributed by atoms with van der Waals surface area (Å²) in [6.45, 7) is 2.57. The zero-order valence-corrected chi connectivity index (χ0v) is 19.7. The summed E-state index contributed by atoms with van der Waals surface area (Å²) in [6, 6.07) is 8.66. The highest BCUT2D eigenvalue weighted by Crippen LogP contribution is 2.39. The van der Waals surface area contributed by atoms with E-state index in [1.165, 1.54) is 55.1 Å². The van der Waals surface area contributed by atoms with Crippen LogP contribution in [-0.2, 0) is 28.0 Å². The third-order valence-electron chi connectivity index (χ3n) is 4.92. The second kappa shape index (κ2) is 9.15. The topological polar surface area (TPSA) is 97.3 Å². The fourth-order valence-electron chi connectivity index (χ4n) is 3.54. The highest BCUT2D eigenvalue weighted by Gasteiger charge is 2.34. The molecule has 0 saturated heterocycles. The van der Waals surface area contributed by atoms with Gasteiger partial charge in [0.05, 0.1) is 21.8 Å². The molecule has 0 bridgehead atoms. The van der Waals surface area contributed by atoms with E-state index in [0.717, 1.165) is 19.1 Å². The molecule has 2 aromatic carbocycles. The Kier molecular flexibility index (Phi) is 6.81. The van der Waals surface area contributed by atoms with Crippen molar-refractivity contribution < 1.29 is 31.2 Å². The van der Waals surface area contributed by atoms with Crippen LogP contribution in [-0.4, -0.2) is 24.8 Å². The number of hydrogen-bond donors (Lipinski definition) is 2. The molecule has 3 aromatic rings. The molecule has 0 aliphatic heterocycles. The van der Waals surface area contributed by atoms with Gasteiger partial charge in [0.2, 0.25) is 5.91 Å². The summed E-state index contributed by atoms with van der Waals surface area (Å²) in [5.74, 6) is -1.42. The molecule has 2 N–H and O–H groups in total. The first kappa shape index (κ1) is 25.3. The summed E-state index contributed by atoms with van der Waals surface area (Å²) in [5.41, 5.74) is -0.0584. The normalized spacial score (nSPS) is 11.9. The van der Waals surface area contributed by atoms with Gasteiger partial charge in [0, 0.05) is 31.4 Å². The number of benzene rings is 2. The maximum atomic E-state index is 13.5. The van der Waals surface area contributed by atoms with E-state index in [1.807, 2.05) is 0 Å². The standard InChI is InChI=1S/C22H19ClF3N3O4S/c1-12-16(11-29(3)20(12)15-6-4-5-7-17(15)22(24,25)26)21(31)27-14-8-9-19(18(23)10-14)34(32,33)28-13(2)30/h4-11H,1-3H3,(H,27,31)(H,28,30). The lowest BCUT2D eigenvalue weighted by Gasteiger charge is -2.14. The van der Waals surface area contributed by atoms with E-state index in [9.17, 15) is 31.2 Å². The summed E-state index contributed by atoms with van der Waals surface area (Å²) >= 11 is 6.04. The fraction of sp³-hybridized carbons (Fsp3) is 0.182. The highest BCUT2D eigenvalue weighted by atomic mass is 35.5. The first-order valence-corrected chi connectivity index (χ1v) is 11.5. The minimum Gasteiger partial charge on any atom is -0.350 e. The van der Waals surface area contributed by atoms with Crippen molar-refractivity contribution in [3.05, 3.63) is 70.4 Å². The number of nitrogens with one attached hydrogen (secondary N) is 2. The average molecular weight is 514 g/mol. The molecule has 0 saturated carbocycles. The third kappa shape index (κ3) is 5.10. The second-order valence-electron chi connectivity index (χ2n) is 7.43. The minimum atomic E-state index is -4.58. The van der Waals surface area contributed by atoms with Crippen LogP contribution in [0.3, 0.4) is 0 Å². The van der Waals surface area contributed by atoms with Gasteiger partial charge in [-0.2, -0.15) is 13.2 Å². The maximum Gasteiger partial charge on any atom is 0.417 e. The highest BCUT2D eigenvalue weighted by molar-refractivity contribution is 7.90. The van der Waals surface area contributed by atoms with Crippen LogP contribution in [0.1, 0.15) is 28.4 Å². The Bertz CT molecular complexity index is 1400. The molecule has 7 nitrogen and oxygen atoms in total. The van der Waals surface area contributed by atoms with Crippen LogP contribution < -0.4 is 10.0 Å². The Morgan fingerprint density at radius 1 is 1.09 bits per heavy atom. The smallest absolute Gasteiger partial charge is 0.350 e. The monoisotopic (exact) mass is 513 g/mol. The van der Waals surface area contributed by atoms with E-state index < -0.39 is 33.6 Å². The molecule has 1 aromatic heterocycles. The summed E-state index contributed by atoms with van der Waals surface area (Å²) in [6.07, 6.45) is -3.17. The Hall–Kier alpha value is -3.31. The Morgan fingerprint density at radius 3 is 2.32 bits per heavy atom. The molecule has 34 heavy (non-hydrogen) atoms. The van der Waals surface area contributed by atoms with E-state index >= 15 is 0 Å². The van der Waals surface area contributed by atoms with E-state index in [1.54, 1.807) is 4.72 Å². The van der Waals surface area contributed by atoms with Gasteiger partial charge in [0.25, 0.3) is 15.9 Å². The average Bonchev–Trinajstić information content (AvgIpc) is 3.00. The molecule has 0 spiro atoms. The number of alkyl halides is 3. The summed E-state index contributed by atoms with van der Waals surface area (Å²) in [5, 5.41) is 2.32. The third-order valence-corrected chi connectivity index (χ3v) is 6.84. The number of rotatable bonds is 5. The number of aromatic nitrogens is 1. The van der Waals surface area contributed by atoms with Gasteiger partial charge in [0.1, 0.15) is 4.90 Å². The molecular formula is C22H19ClF3N3O4S. The number of anilines is 1. The molecule has 0 radical (unpaired) electrons. The van der Waals surface area contributed by atoms with Crippen molar-refractivity contribution in [3.8, 4) is 11.3 Å². The zero-order chi connectivity index (χ0) is 25.4.